The van der Waals surface area contributed by atoms with Gasteiger partial charge in [-0.1, -0.05) is 91.0 Å². The van der Waals surface area contributed by atoms with Crippen LogP contribution in [0.1, 0.15) is 31.8 Å². The lowest BCUT2D eigenvalue weighted by Crippen LogP contribution is -2.30. The second-order valence-corrected chi connectivity index (χ2v) is 11.5. The summed E-state index contributed by atoms with van der Waals surface area (Å²) in [6.07, 6.45) is -4.67. The van der Waals surface area contributed by atoms with Gasteiger partial charge >= 0.3 is 6.18 Å². The molecular formula is C40H22F3N3O2. The molecular weight excluding hydrogens is 611 g/mol. The van der Waals surface area contributed by atoms with Gasteiger partial charge in [0.05, 0.1) is 50.7 Å². The Bertz CT molecular complexity index is 2510. The van der Waals surface area contributed by atoms with Crippen LogP contribution >= 0.6 is 0 Å². The number of fused-ring (bicyclic) bond motifs is 4. The molecule has 0 fully saturated rings. The van der Waals surface area contributed by atoms with Crippen molar-refractivity contribution in [3.05, 3.63) is 156 Å². The third-order valence-corrected chi connectivity index (χ3v) is 8.82. The average molecular weight is 634 g/mol. The van der Waals surface area contributed by atoms with Crippen molar-refractivity contribution in [2.24, 2.45) is 0 Å². The van der Waals surface area contributed by atoms with Crippen LogP contribution < -0.4 is 4.90 Å². The normalized spacial score (nSPS) is 12.9. The number of imide groups is 1. The van der Waals surface area contributed by atoms with E-state index in [2.05, 4.69) is 0 Å². The molecule has 0 saturated heterocycles. The van der Waals surface area contributed by atoms with E-state index in [1.54, 1.807) is 48.5 Å². The van der Waals surface area contributed by atoms with E-state index < -0.39 is 29.1 Å². The maximum atomic E-state index is 14.4. The number of carbonyl (C=O) groups excluding carboxylic acids is 2. The summed E-state index contributed by atoms with van der Waals surface area (Å²) in [5.74, 6) is -0.895. The summed E-state index contributed by atoms with van der Waals surface area (Å²) >= 11 is 0. The lowest BCUT2D eigenvalue weighted by Gasteiger charge is -2.18. The molecule has 6 aromatic carbocycles. The predicted molar refractivity (Wildman–Crippen MR) is 179 cm³/mol. The third kappa shape index (κ3) is 4.32. The van der Waals surface area contributed by atoms with Gasteiger partial charge in [0.25, 0.3) is 11.8 Å². The van der Waals surface area contributed by atoms with Crippen molar-refractivity contribution in [1.82, 2.24) is 4.57 Å². The Morgan fingerprint density at radius 1 is 0.583 bits per heavy atom. The smallest absolute Gasteiger partial charge is 0.308 e. The van der Waals surface area contributed by atoms with Gasteiger partial charge in [0.15, 0.2) is 0 Å². The summed E-state index contributed by atoms with van der Waals surface area (Å²) in [4.78, 5) is 29.7. The fraction of sp³-hybridized carbons (Fsp3) is 0.0250. The highest BCUT2D eigenvalue weighted by atomic mass is 19.4. The number of aromatic nitrogens is 1. The van der Waals surface area contributed by atoms with Crippen LogP contribution in [-0.4, -0.2) is 16.4 Å². The van der Waals surface area contributed by atoms with E-state index in [0.29, 0.717) is 28.0 Å². The van der Waals surface area contributed by atoms with E-state index in [-0.39, 0.29) is 11.1 Å². The van der Waals surface area contributed by atoms with Crippen molar-refractivity contribution in [3.63, 3.8) is 0 Å². The largest absolute Gasteiger partial charge is 0.417 e. The number of nitrogens with zero attached hydrogens (tertiary/aromatic N) is 3. The first-order valence-electron chi connectivity index (χ1n) is 15.1. The quantitative estimate of drug-likeness (QED) is 0.181. The van der Waals surface area contributed by atoms with E-state index in [9.17, 15) is 28.0 Å². The van der Waals surface area contributed by atoms with Crippen LogP contribution in [0.3, 0.4) is 0 Å². The molecule has 1 aliphatic rings. The minimum absolute atomic E-state index is 0.250. The van der Waals surface area contributed by atoms with Crippen molar-refractivity contribution >= 4 is 39.3 Å². The van der Waals surface area contributed by atoms with Gasteiger partial charge in [0, 0.05) is 16.3 Å². The van der Waals surface area contributed by atoms with Crippen molar-refractivity contribution in [2.75, 3.05) is 4.90 Å². The van der Waals surface area contributed by atoms with Gasteiger partial charge in [-0.15, -0.1) is 0 Å². The van der Waals surface area contributed by atoms with E-state index in [1.165, 1.54) is 17.0 Å². The molecule has 5 nitrogen and oxygen atoms in total. The Kier molecular flexibility index (Phi) is 6.53. The second-order valence-electron chi connectivity index (χ2n) is 11.5. The molecule has 2 amide bonds. The standard InChI is InChI=1S/C40H22F3N3O2/c41-40(42,43)31-21-20-25(22-26(31)23-44)28-14-8-18-34-36(28)29-13-5-7-17-33(29)45(34)35-19-9-15-30-37(35)39(48)46(38(30)47)32-16-6-4-12-27(32)24-10-2-1-3-11-24/h1-22H. The predicted octanol–water partition coefficient (Wildman–Crippen LogP) is 9.81. The molecule has 0 N–H and O–H groups in total. The number of benzene rings is 6. The molecule has 48 heavy (non-hydrogen) atoms. The minimum atomic E-state index is -4.67. The number of carbonyl (C=O) groups is 2. The molecule has 8 rings (SSSR count). The molecule has 7 aromatic rings. The zero-order valence-corrected chi connectivity index (χ0v) is 25.0. The Morgan fingerprint density at radius 2 is 1.23 bits per heavy atom. The molecule has 0 saturated carbocycles. The van der Waals surface area contributed by atoms with Gasteiger partial charge in [0.1, 0.15) is 0 Å². The highest BCUT2D eigenvalue weighted by molar-refractivity contribution is 6.36. The van der Waals surface area contributed by atoms with Gasteiger partial charge in [-0.05, 0) is 59.2 Å². The average Bonchev–Trinajstić information content (AvgIpc) is 3.58. The number of rotatable bonds is 4. The summed E-state index contributed by atoms with van der Waals surface area (Å²) in [7, 11) is 0. The van der Waals surface area contributed by atoms with Crippen LogP contribution in [-0.2, 0) is 6.18 Å². The van der Waals surface area contributed by atoms with E-state index in [0.717, 1.165) is 33.5 Å². The van der Waals surface area contributed by atoms with Crippen molar-refractivity contribution in [3.8, 4) is 34.0 Å². The summed E-state index contributed by atoms with van der Waals surface area (Å²) < 4.78 is 42.8. The lowest BCUT2D eigenvalue weighted by atomic mass is 9.96. The molecule has 0 bridgehead atoms. The number of hydrogen-bond donors (Lipinski definition) is 0. The molecule has 2 heterocycles. The summed E-state index contributed by atoms with van der Waals surface area (Å²) in [5.41, 5.74) is 4.12. The molecule has 8 heteroatoms. The van der Waals surface area contributed by atoms with E-state index in [4.69, 9.17) is 0 Å². The van der Waals surface area contributed by atoms with Crippen LogP contribution in [0.25, 0.3) is 49.7 Å². The van der Waals surface area contributed by atoms with Crippen molar-refractivity contribution < 1.29 is 22.8 Å². The Hall–Kier alpha value is -6.46. The number of halogens is 3. The lowest BCUT2D eigenvalue weighted by molar-refractivity contribution is -0.137. The number of anilines is 1. The van der Waals surface area contributed by atoms with Crippen LogP contribution in [0.5, 0.6) is 0 Å². The van der Waals surface area contributed by atoms with Crippen LogP contribution in [0.4, 0.5) is 18.9 Å². The van der Waals surface area contributed by atoms with Crippen LogP contribution in [0.15, 0.2) is 133 Å². The van der Waals surface area contributed by atoms with Crippen molar-refractivity contribution in [1.29, 1.82) is 5.26 Å². The van der Waals surface area contributed by atoms with Gasteiger partial charge in [0.2, 0.25) is 0 Å². The molecule has 0 atom stereocenters. The highest BCUT2D eigenvalue weighted by Gasteiger charge is 2.40. The number of hydrogen-bond acceptors (Lipinski definition) is 3. The fourth-order valence-corrected chi connectivity index (χ4v) is 6.77. The molecule has 1 aliphatic heterocycles. The SMILES string of the molecule is N#Cc1cc(-c2cccc3c2c2ccccc2n3-c2cccc3c2C(=O)N(c2ccccc2-c2ccccc2)C3=O)ccc1C(F)(F)F. The molecule has 0 radical (unpaired) electrons. The number of alkyl halides is 3. The first-order chi connectivity index (χ1) is 23.3. The first kappa shape index (κ1) is 29.0. The summed E-state index contributed by atoms with van der Waals surface area (Å²) in [5, 5.41) is 11.1. The van der Waals surface area contributed by atoms with Crippen LogP contribution in [0.2, 0.25) is 0 Å². The molecule has 0 aliphatic carbocycles. The molecule has 0 spiro atoms. The maximum absolute atomic E-state index is 14.4. The monoisotopic (exact) mass is 633 g/mol. The van der Waals surface area contributed by atoms with Gasteiger partial charge in [-0.3, -0.25) is 9.59 Å². The van der Waals surface area contributed by atoms with Gasteiger partial charge in [-0.2, -0.15) is 18.4 Å². The molecule has 0 unspecified atom stereocenters. The summed E-state index contributed by atoms with van der Waals surface area (Å²) in [6.45, 7) is 0. The molecule has 1 aromatic heterocycles. The number of amides is 2. The highest BCUT2D eigenvalue weighted by Crippen LogP contribution is 2.43. The zero-order chi connectivity index (χ0) is 33.2. The number of para-hydroxylation sites is 2. The number of nitriles is 1. The zero-order valence-electron chi connectivity index (χ0n) is 25.0. The Morgan fingerprint density at radius 3 is 2.02 bits per heavy atom. The Labute approximate surface area is 272 Å². The third-order valence-electron chi connectivity index (χ3n) is 8.82. The Balaban J connectivity index is 1.34. The van der Waals surface area contributed by atoms with Crippen molar-refractivity contribution in [2.45, 2.75) is 6.18 Å². The minimum Gasteiger partial charge on any atom is -0.308 e. The van der Waals surface area contributed by atoms with Crippen LogP contribution in [0, 0.1) is 11.3 Å². The summed E-state index contributed by atoms with van der Waals surface area (Å²) in [6, 6.07) is 40.3. The molecule has 230 valence electrons. The maximum Gasteiger partial charge on any atom is 0.417 e. The van der Waals surface area contributed by atoms with E-state index in [1.807, 2.05) is 77.4 Å². The van der Waals surface area contributed by atoms with Gasteiger partial charge < -0.3 is 4.57 Å². The first-order valence-corrected chi connectivity index (χ1v) is 15.1. The topological polar surface area (TPSA) is 66.1 Å². The van der Waals surface area contributed by atoms with Gasteiger partial charge in [-0.25, -0.2) is 4.90 Å². The fourth-order valence-electron chi connectivity index (χ4n) is 6.77. The second kappa shape index (κ2) is 10.8. The van der Waals surface area contributed by atoms with E-state index >= 15 is 0 Å².